The maximum atomic E-state index is 11.7. The lowest BCUT2D eigenvalue weighted by Crippen LogP contribution is -2.29. The number of phenols is 1. The molecule has 1 aromatic carbocycles. The van der Waals surface area contributed by atoms with Crippen LogP contribution in [0.3, 0.4) is 0 Å². The van der Waals surface area contributed by atoms with Gasteiger partial charge in [0.25, 0.3) is 0 Å². The molecular weight excluding hydrogens is 248 g/mol. The van der Waals surface area contributed by atoms with Gasteiger partial charge in [-0.25, -0.2) is 4.79 Å². The zero-order chi connectivity index (χ0) is 13.4. The van der Waals surface area contributed by atoms with E-state index in [1.165, 1.54) is 11.8 Å². The number of aromatic hydroxyl groups is 1. The molecule has 1 rings (SSSR count). The second-order valence-electron chi connectivity index (χ2n) is 3.94. The first-order valence-corrected chi connectivity index (χ1v) is 7.32. The molecule has 0 aliphatic carbocycles. The number of rotatable bonds is 6. The highest BCUT2D eigenvalue weighted by molar-refractivity contribution is 7.98. The number of benzene rings is 1. The number of carbonyl (C=O) groups excluding carboxylic acids is 1. The van der Waals surface area contributed by atoms with Crippen LogP contribution in [0.2, 0.25) is 0 Å². The molecule has 0 spiro atoms. The predicted molar refractivity (Wildman–Crippen MR) is 76.4 cm³/mol. The van der Waals surface area contributed by atoms with Crippen LogP contribution in [0.1, 0.15) is 26.2 Å². The number of anilines is 1. The van der Waals surface area contributed by atoms with E-state index in [1.807, 2.05) is 12.3 Å². The van der Waals surface area contributed by atoms with Gasteiger partial charge >= 0.3 is 6.03 Å². The molecule has 0 fully saturated rings. The average Bonchev–Trinajstić information content (AvgIpc) is 2.37. The summed E-state index contributed by atoms with van der Waals surface area (Å²) in [6.45, 7) is 2.77. The molecule has 18 heavy (non-hydrogen) atoms. The lowest BCUT2D eigenvalue weighted by atomic mass is 10.2. The van der Waals surface area contributed by atoms with E-state index in [1.54, 1.807) is 12.1 Å². The maximum Gasteiger partial charge on any atom is 0.319 e. The fourth-order valence-electron chi connectivity index (χ4n) is 1.55. The van der Waals surface area contributed by atoms with E-state index in [0.29, 0.717) is 12.2 Å². The van der Waals surface area contributed by atoms with Gasteiger partial charge < -0.3 is 15.7 Å². The van der Waals surface area contributed by atoms with Crippen LogP contribution in [0.4, 0.5) is 10.5 Å². The van der Waals surface area contributed by atoms with E-state index >= 15 is 0 Å². The smallest absolute Gasteiger partial charge is 0.319 e. The van der Waals surface area contributed by atoms with Crippen molar-refractivity contribution in [1.82, 2.24) is 5.32 Å². The number of hydrogen-bond donors (Lipinski definition) is 3. The molecule has 0 radical (unpaired) electrons. The van der Waals surface area contributed by atoms with Crippen molar-refractivity contribution >= 4 is 23.5 Å². The van der Waals surface area contributed by atoms with Crippen LogP contribution in [0.25, 0.3) is 0 Å². The second kappa shape index (κ2) is 7.87. The lowest BCUT2D eigenvalue weighted by molar-refractivity contribution is 0.251. The van der Waals surface area contributed by atoms with E-state index in [4.69, 9.17) is 0 Å². The fraction of sp³-hybridized carbons (Fsp3) is 0.462. The topological polar surface area (TPSA) is 61.4 Å². The van der Waals surface area contributed by atoms with Crippen molar-refractivity contribution in [2.75, 3.05) is 18.1 Å². The third-order valence-corrected chi connectivity index (χ3v) is 3.31. The minimum atomic E-state index is -0.275. The third kappa shape index (κ3) is 4.49. The molecule has 1 aromatic rings. The molecule has 100 valence electrons. The van der Waals surface area contributed by atoms with Gasteiger partial charge in [0.1, 0.15) is 5.75 Å². The van der Waals surface area contributed by atoms with Crippen LogP contribution in [0.5, 0.6) is 5.75 Å². The molecule has 0 aliphatic heterocycles. The average molecular weight is 268 g/mol. The highest BCUT2D eigenvalue weighted by Crippen LogP contribution is 2.33. The van der Waals surface area contributed by atoms with Crippen molar-refractivity contribution < 1.29 is 9.90 Å². The highest BCUT2D eigenvalue weighted by atomic mass is 32.2. The quantitative estimate of drug-likeness (QED) is 0.421. The molecule has 0 unspecified atom stereocenters. The van der Waals surface area contributed by atoms with Crippen LogP contribution in [0, 0.1) is 0 Å². The van der Waals surface area contributed by atoms with Gasteiger partial charge in [0.15, 0.2) is 0 Å². The Hall–Kier alpha value is -1.36. The molecule has 0 atom stereocenters. The van der Waals surface area contributed by atoms with Gasteiger partial charge in [-0.3, -0.25) is 0 Å². The molecule has 0 saturated heterocycles. The van der Waals surface area contributed by atoms with Crippen molar-refractivity contribution in [2.24, 2.45) is 0 Å². The van der Waals surface area contributed by atoms with E-state index in [2.05, 4.69) is 17.6 Å². The summed E-state index contributed by atoms with van der Waals surface area (Å²) >= 11 is 1.48. The van der Waals surface area contributed by atoms with Crippen molar-refractivity contribution in [3.05, 3.63) is 18.2 Å². The van der Waals surface area contributed by atoms with Crippen molar-refractivity contribution in [1.29, 1.82) is 0 Å². The Morgan fingerprint density at radius 3 is 2.83 bits per heavy atom. The summed E-state index contributed by atoms with van der Waals surface area (Å²) < 4.78 is 0. The molecule has 0 aromatic heterocycles. The lowest BCUT2D eigenvalue weighted by Gasteiger charge is -2.12. The maximum absolute atomic E-state index is 11.7. The van der Waals surface area contributed by atoms with E-state index in [9.17, 15) is 9.90 Å². The summed E-state index contributed by atoms with van der Waals surface area (Å²) in [5.74, 6) is 0.0885. The Kier molecular flexibility index (Phi) is 6.43. The number of amides is 2. The van der Waals surface area contributed by atoms with E-state index in [0.717, 1.165) is 24.2 Å². The number of carbonyl (C=O) groups is 1. The standard InChI is InChI=1S/C13H20N2O2S/c1-3-4-5-9-14-13(17)15-12-10(16)7-6-8-11(12)18-2/h6-8,16H,3-5,9H2,1-2H3,(H2,14,15,17). The summed E-state index contributed by atoms with van der Waals surface area (Å²) in [7, 11) is 0. The molecule has 0 bridgehead atoms. The first-order valence-electron chi connectivity index (χ1n) is 6.09. The first-order chi connectivity index (χ1) is 8.69. The Balaban J connectivity index is 2.53. The SMILES string of the molecule is CCCCCNC(=O)Nc1c(O)cccc1SC. The van der Waals surface area contributed by atoms with Crippen molar-refractivity contribution in [3.8, 4) is 5.75 Å². The van der Waals surface area contributed by atoms with E-state index < -0.39 is 0 Å². The summed E-state index contributed by atoms with van der Waals surface area (Å²) in [5.41, 5.74) is 0.470. The number of hydrogen-bond acceptors (Lipinski definition) is 3. The highest BCUT2D eigenvalue weighted by Gasteiger charge is 2.09. The number of nitrogens with one attached hydrogen (secondary N) is 2. The molecule has 0 heterocycles. The minimum Gasteiger partial charge on any atom is -0.506 e. The van der Waals surface area contributed by atoms with E-state index in [-0.39, 0.29) is 11.8 Å². The summed E-state index contributed by atoms with van der Waals surface area (Å²) in [6.07, 6.45) is 5.10. The Bertz CT molecular complexity index is 397. The van der Waals surface area contributed by atoms with Gasteiger partial charge in [0.05, 0.1) is 5.69 Å². The second-order valence-corrected chi connectivity index (χ2v) is 4.79. The number of thioether (sulfide) groups is 1. The van der Waals surface area contributed by atoms with Crippen LogP contribution in [-0.2, 0) is 0 Å². The summed E-state index contributed by atoms with van der Waals surface area (Å²) in [4.78, 5) is 12.5. The monoisotopic (exact) mass is 268 g/mol. The summed E-state index contributed by atoms with van der Waals surface area (Å²) in [6, 6.07) is 4.90. The Morgan fingerprint density at radius 1 is 1.39 bits per heavy atom. The van der Waals surface area contributed by atoms with Gasteiger partial charge in [-0.1, -0.05) is 25.8 Å². The van der Waals surface area contributed by atoms with Gasteiger partial charge in [-0.15, -0.1) is 11.8 Å². The number of urea groups is 1. The molecule has 4 nitrogen and oxygen atoms in total. The molecule has 3 N–H and O–H groups in total. The molecule has 0 aliphatic rings. The van der Waals surface area contributed by atoms with Gasteiger partial charge in [-0.05, 0) is 24.8 Å². The third-order valence-electron chi connectivity index (χ3n) is 2.53. The number of para-hydroxylation sites is 1. The summed E-state index contributed by atoms with van der Waals surface area (Å²) in [5, 5.41) is 15.2. The number of phenolic OH excluding ortho intramolecular Hbond substituents is 1. The molecule has 5 heteroatoms. The Morgan fingerprint density at radius 2 is 2.17 bits per heavy atom. The molecule has 2 amide bonds. The molecular formula is C13H20N2O2S. The zero-order valence-electron chi connectivity index (χ0n) is 10.8. The first kappa shape index (κ1) is 14.7. The van der Waals surface area contributed by atoms with Crippen LogP contribution in [0.15, 0.2) is 23.1 Å². The van der Waals surface area contributed by atoms with Crippen LogP contribution in [-0.4, -0.2) is 23.9 Å². The normalized spacial score (nSPS) is 10.1. The zero-order valence-corrected chi connectivity index (χ0v) is 11.6. The van der Waals surface area contributed by atoms with Crippen LogP contribution >= 0.6 is 11.8 Å². The number of unbranched alkanes of at least 4 members (excludes halogenated alkanes) is 2. The predicted octanol–water partition coefficient (Wildman–Crippen LogP) is 3.43. The van der Waals surface area contributed by atoms with Gasteiger partial charge in [0.2, 0.25) is 0 Å². The van der Waals surface area contributed by atoms with Crippen molar-refractivity contribution in [3.63, 3.8) is 0 Å². The van der Waals surface area contributed by atoms with Gasteiger partial charge in [0, 0.05) is 11.4 Å². The van der Waals surface area contributed by atoms with Crippen molar-refractivity contribution in [2.45, 2.75) is 31.1 Å². The van der Waals surface area contributed by atoms with Gasteiger partial charge in [-0.2, -0.15) is 0 Å². The fourth-order valence-corrected chi connectivity index (χ4v) is 2.12. The molecule has 0 saturated carbocycles. The minimum absolute atomic E-state index is 0.0885. The largest absolute Gasteiger partial charge is 0.506 e. The van der Waals surface area contributed by atoms with Crippen LogP contribution < -0.4 is 10.6 Å². The Labute approximate surface area is 112 Å².